The van der Waals surface area contributed by atoms with Gasteiger partial charge in [0.1, 0.15) is 0 Å². The summed E-state index contributed by atoms with van der Waals surface area (Å²) in [4.78, 5) is 10.4. The molecule has 0 amide bonds. The summed E-state index contributed by atoms with van der Waals surface area (Å²) in [5.74, 6) is 0.526. The lowest BCUT2D eigenvalue weighted by atomic mass is 10.0. The summed E-state index contributed by atoms with van der Waals surface area (Å²) >= 11 is 0. The van der Waals surface area contributed by atoms with E-state index in [9.17, 15) is 4.79 Å². The maximum atomic E-state index is 10.4. The predicted molar refractivity (Wildman–Crippen MR) is 94.1 cm³/mol. The Balaban J connectivity index is 1.75. The number of aliphatic carboxylic acids is 1. The van der Waals surface area contributed by atoms with E-state index in [0.29, 0.717) is 5.92 Å². The molecule has 2 atom stereocenters. The molecular formula is C20H36O2. The summed E-state index contributed by atoms with van der Waals surface area (Å²) in [6.07, 6.45) is 22.5. The lowest BCUT2D eigenvalue weighted by Gasteiger charge is -2.02. The Morgan fingerprint density at radius 2 is 1.41 bits per heavy atom. The number of hydrogen-bond donors (Lipinski definition) is 1. The van der Waals surface area contributed by atoms with Gasteiger partial charge in [0.05, 0.1) is 0 Å². The average molecular weight is 309 g/mol. The zero-order valence-electron chi connectivity index (χ0n) is 14.6. The molecule has 1 saturated carbocycles. The van der Waals surface area contributed by atoms with Crippen LogP contribution in [0.2, 0.25) is 0 Å². The minimum Gasteiger partial charge on any atom is -0.478 e. The summed E-state index contributed by atoms with van der Waals surface area (Å²) in [6.45, 7) is 2.27. The molecule has 0 radical (unpaired) electrons. The van der Waals surface area contributed by atoms with Gasteiger partial charge in [0, 0.05) is 6.08 Å². The zero-order chi connectivity index (χ0) is 16.0. The van der Waals surface area contributed by atoms with Gasteiger partial charge in [0.2, 0.25) is 0 Å². The smallest absolute Gasteiger partial charge is 0.327 e. The third kappa shape index (κ3) is 10.9. The van der Waals surface area contributed by atoms with Gasteiger partial charge >= 0.3 is 5.97 Å². The van der Waals surface area contributed by atoms with Gasteiger partial charge in [-0.15, -0.1) is 0 Å². The van der Waals surface area contributed by atoms with E-state index in [1.807, 2.05) is 6.08 Å². The normalized spacial score (nSPS) is 20.6. The third-order valence-corrected chi connectivity index (χ3v) is 4.89. The highest BCUT2D eigenvalue weighted by molar-refractivity contribution is 5.79. The molecular weight excluding hydrogens is 272 g/mol. The van der Waals surface area contributed by atoms with Crippen molar-refractivity contribution in [3.8, 4) is 0 Å². The van der Waals surface area contributed by atoms with E-state index < -0.39 is 5.97 Å². The Labute approximate surface area is 137 Å². The average Bonchev–Trinajstić information content (AvgIpc) is 3.25. The van der Waals surface area contributed by atoms with E-state index in [2.05, 4.69) is 6.92 Å². The van der Waals surface area contributed by atoms with Crippen molar-refractivity contribution in [2.75, 3.05) is 0 Å². The van der Waals surface area contributed by atoms with Crippen LogP contribution in [0.5, 0.6) is 0 Å². The van der Waals surface area contributed by atoms with Gasteiger partial charge in [-0.3, -0.25) is 0 Å². The van der Waals surface area contributed by atoms with Gasteiger partial charge in [0.15, 0.2) is 0 Å². The molecule has 0 aromatic rings. The molecule has 128 valence electrons. The number of allylic oxidation sites excluding steroid dienone is 1. The van der Waals surface area contributed by atoms with Crippen LogP contribution in [0.3, 0.4) is 0 Å². The largest absolute Gasteiger partial charge is 0.478 e. The molecule has 0 aromatic carbocycles. The van der Waals surface area contributed by atoms with Crippen LogP contribution in [0, 0.1) is 11.8 Å². The van der Waals surface area contributed by atoms with Crippen molar-refractivity contribution < 1.29 is 9.90 Å². The molecule has 0 saturated heterocycles. The fraction of sp³-hybridized carbons (Fsp3) is 0.850. The van der Waals surface area contributed by atoms with Crippen LogP contribution < -0.4 is 0 Å². The molecule has 1 fully saturated rings. The quantitative estimate of drug-likeness (QED) is 0.282. The van der Waals surface area contributed by atoms with Crippen molar-refractivity contribution in [2.45, 2.75) is 96.8 Å². The van der Waals surface area contributed by atoms with Crippen molar-refractivity contribution >= 4 is 5.97 Å². The molecule has 2 heteroatoms. The summed E-state index contributed by atoms with van der Waals surface area (Å²) < 4.78 is 0. The number of rotatable bonds is 15. The summed E-state index contributed by atoms with van der Waals surface area (Å²) in [7, 11) is 0. The molecule has 2 unspecified atom stereocenters. The lowest BCUT2D eigenvalue weighted by molar-refractivity contribution is -0.131. The van der Waals surface area contributed by atoms with Crippen LogP contribution in [0.4, 0.5) is 0 Å². The molecule has 0 spiro atoms. The van der Waals surface area contributed by atoms with Crippen molar-refractivity contribution in [3.63, 3.8) is 0 Å². The SMILES string of the molecule is CCCCCCCCCCCCCCC1CC1C=CC(=O)O. The Morgan fingerprint density at radius 3 is 1.91 bits per heavy atom. The Kier molecular flexibility index (Phi) is 11.1. The van der Waals surface area contributed by atoms with E-state index in [1.54, 1.807) is 0 Å². The molecule has 0 heterocycles. The first-order valence-electron chi connectivity index (χ1n) is 9.65. The van der Waals surface area contributed by atoms with Gasteiger partial charge in [0.25, 0.3) is 0 Å². The Bertz CT molecular complexity index is 309. The second kappa shape index (κ2) is 12.7. The maximum absolute atomic E-state index is 10.4. The summed E-state index contributed by atoms with van der Waals surface area (Å²) in [6, 6.07) is 0. The lowest BCUT2D eigenvalue weighted by Crippen LogP contribution is -1.87. The Morgan fingerprint density at radius 1 is 0.909 bits per heavy atom. The van der Waals surface area contributed by atoms with E-state index in [0.717, 1.165) is 5.92 Å². The zero-order valence-corrected chi connectivity index (χ0v) is 14.6. The molecule has 1 N–H and O–H groups in total. The van der Waals surface area contributed by atoms with Gasteiger partial charge in [-0.1, -0.05) is 90.0 Å². The molecule has 1 aliphatic rings. The van der Waals surface area contributed by atoms with Crippen molar-refractivity contribution in [2.24, 2.45) is 11.8 Å². The highest BCUT2D eigenvalue weighted by atomic mass is 16.4. The first-order valence-corrected chi connectivity index (χ1v) is 9.65. The monoisotopic (exact) mass is 308 g/mol. The topological polar surface area (TPSA) is 37.3 Å². The van der Waals surface area contributed by atoms with Crippen molar-refractivity contribution in [3.05, 3.63) is 12.2 Å². The number of carboxylic acid groups (broad SMARTS) is 1. The fourth-order valence-electron chi connectivity index (χ4n) is 3.29. The van der Waals surface area contributed by atoms with Gasteiger partial charge in [-0.05, 0) is 24.7 Å². The third-order valence-electron chi connectivity index (χ3n) is 4.89. The predicted octanol–water partition coefficient (Wildman–Crippen LogP) is 6.35. The minimum absolute atomic E-state index is 0.559. The second-order valence-electron chi connectivity index (χ2n) is 7.03. The van der Waals surface area contributed by atoms with Crippen LogP contribution in [0.1, 0.15) is 96.8 Å². The van der Waals surface area contributed by atoms with E-state index in [4.69, 9.17) is 5.11 Å². The molecule has 2 nitrogen and oxygen atoms in total. The highest BCUT2D eigenvalue weighted by Gasteiger charge is 2.33. The van der Waals surface area contributed by atoms with Gasteiger partial charge in [-0.25, -0.2) is 4.79 Å². The van der Waals surface area contributed by atoms with Crippen molar-refractivity contribution in [1.29, 1.82) is 0 Å². The van der Waals surface area contributed by atoms with Crippen LogP contribution >= 0.6 is 0 Å². The summed E-state index contributed by atoms with van der Waals surface area (Å²) in [5.41, 5.74) is 0. The molecule has 22 heavy (non-hydrogen) atoms. The minimum atomic E-state index is -0.809. The van der Waals surface area contributed by atoms with E-state index in [1.165, 1.54) is 96.0 Å². The van der Waals surface area contributed by atoms with E-state index in [-0.39, 0.29) is 0 Å². The summed E-state index contributed by atoms with van der Waals surface area (Å²) in [5, 5.41) is 8.58. The molecule has 1 rings (SSSR count). The molecule has 0 aromatic heterocycles. The van der Waals surface area contributed by atoms with Crippen LogP contribution in [0.15, 0.2) is 12.2 Å². The maximum Gasteiger partial charge on any atom is 0.327 e. The molecule has 0 bridgehead atoms. The van der Waals surface area contributed by atoms with Gasteiger partial charge in [-0.2, -0.15) is 0 Å². The second-order valence-corrected chi connectivity index (χ2v) is 7.03. The van der Waals surface area contributed by atoms with Crippen LogP contribution in [-0.2, 0) is 4.79 Å². The van der Waals surface area contributed by atoms with Crippen LogP contribution in [0.25, 0.3) is 0 Å². The number of carbonyl (C=O) groups is 1. The molecule has 0 aliphatic heterocycles. The number of hydrogen-bond acceptors (Lipinski definition) is 1. The Hall–Kier alpha value is -0.790. The number of unbranched alkanes of at least 4 members (excludes halogenated alkanes) is 11. The molecule has 1 aliphatic carbocycles. The van der Waals surface area contributed by atoms with Gasteiger partial charge < -0.3 is 5.11 Å². The van der Waals surface area contributed by atoms with Crippen molar-refractivity contribution in [1.82, 2.24) is 0 Å². The first kappa shape index (κ1) is 19.3. The first-order chi connectivity index (χ1) is 10.7. The van der Waals surface area contributed by atoms with E-state index >= 15 is 0 Å². The highest BCUT2D eigenvalue weighted by Crippen LogP contribution is 2.43. The fourth-order valence-corrected chi connectivity index (χ4v) is 3.29. The van der Waals surface area contributed by atoms with Crippen LogP contribution in [-0.4, -0.2) is 11.1 Å². The number of carboxylic acids is 1. The standard InChI is InChI=1S/C20H36O2/c1-2-3-4-5-6-7-8-9-10-11-12-13-14-18-17-19(18)15-16-20(21)22/h15-16,18-19H,2-14,17H2,1H3,(H,21,22).